The molecule has 0 heterocycles. The van der Waals surface area contributed by atoms with E-state index in [0.717, 1.165) is 0 Å². The molecule has 0 aromatic heterocycles. The largest absolute Gasteiger partial charge is 0.467 e. The Morgan fingerprint density at radius 3 is 1.45 bits per heavy atom. The maximum atomic E-state index is 12.9. The molecule has 0 aliphatic heterocycles. The number of esters is 1. The van der Waals surface area contributed by atoms with Crippen molar-refractivity contribution < 1.29 is 47.7 Å². The summed E-state index contributed by atoms with van der Waals surface area (Å²) in [7, 11) is 1.25. The molecule has 0 aliphatic carbocycles. The Balaban J connectivity index is 4.45. The third-order valence-electron chi connectivity index (χ3n) is 6.39. The summed E-state index contributed by atoms with van der Waals surface area (Å²) in [5.41, 5.74) is -2.01. The van der Waals surface area contributed by atoms with Crippen LogP contribution in [-0.4, -0.2) is 91.7 Å². The lowest BCUT2D eigenvalue weighted by molar-refractivity contribution is -0.143. The molecule has 15 heteroatoms. The Morgan fingerprint density at radius 1 is 0.510 bits per heavy atom. The minimum atomic E-state index is -0.840. The standard InChI is InChI=1S/C34H63N5O10/c1-32(2,3)47-29(43)37-23-17-13-18-24(38-30(44)48-33(4,5)6)27(41)36-22-15-11-12-20-26(40)35-21-16-14-19-25(28(42)46-10)39-31(45)49-34(7,8)9/h24-25H,11-23H2,1-10H3,(H,35,40)(H,36,41)(H,37,43)(H,38,44)(H,39,45)/t24-,25-/m0/s1. The molecular formula is C34H63N5O10. The molecule has 0 aromatic carbocycles. The number of unbranched alkanes of at least 4 members (excludes halogenated alkanes) is 4. The second-order valence-corrected chi connectivity index (χ2v) is 14.8. The molecule has 0 unspecified atom stereocenters. The number of alkyl carbamates (subject to hydrolysis) is 3. The Labute approximate surface area is 292 Å². The minimum Gasteiger partial charge on any atom is -0.467 e. The van der Waals surface area contributed by atoms with Gasteiger partial charge in [0.2, 0.25) is 11.8 Å². The highest BCUT2D eigenvalue weighted by molar-refractivity contribution is 5.85. The summed E-state index contributed by atoms with van der Waals surface area (Å²) in [6.45, 7) is 16.9. The topological polar surface area (TPSA) is 199 Å². The van der Waals surface area contributed by atoms with Crippen LogP contribution in [-0.2, 0) is 33.3 Å². The molecule has 0 bridgehead atoms. The van der Waals surface area contributed by atoms with Gasteiger partial charge in [-0.2, -0.15) is 0 Å². The average molecular weight is 702 g/mol. The molecule has 49 heavy (non-hydrogen) atoms. The number of amides is 5. The van der Waals surface area contributed by atoms with Crippen molar-refractivity contribution >= 4 is 36.1 Å². The maximum Gasteiger partial charge on any atom is 0.408 e. The van der Waals surface area contributed by atoms with Crippen LogP contribution in [0.2, 0.25) is 0 Å². The van der Waals surface area contributed by atoms with E-state index in [1.165, 1.54) is 7.11 Å². The molecule has 0 aliphatic rings. The number of carbonyl (C=O) groups excluding carboxylic acids is 6. The molecule has 0 saturated heterocycles. The van der Waals surface area contributed by atoms with Crippen LogP contribution in [0.15, 0.2) is 0 Å². The van der Waals surface area contributed by atoms with Crippen LogP contribution in [0.3, 0.4) is 0 Å². The molecule has 0 aromatic rings. The highest BCUT2D eigenvalue weighted by atomic mass is 16.6. The summed E-state index contributed by atoms with van der Waals surface area (Å²) in [6, 6.07) is -1.65. The van der Waals surface area contributed by atoms with Gasteiger partial charge in [-0.15, -0.1) is 0 Å². The molecule has 0 radical (unpaired) electrons. The lowest BCUT2D eigenvalue weighted by atomic mass is 10.1. The number of hydrogen-bond acceptors (Lipinski definition) is 10. The molecule has 0 saturated carbocycles. The first-order valence-corrected chi connectivity index (χ1v) is 17.2. The fourth-order valence-electron chi connectivity index (χ4n) is 4.25. The molecule has 0 rings (SSSR count). The van der Waals surface area contributed by atoms with Gasteiger partial charge < -0.3 is 45.5 Å². The van der Waals surface area contributed by atoms with Crippen molar-refractivity contribution in [2.75, 3.05) is 26.7 Å². The van der Waals surface area contributed by atoms with Crippen molar-refractivity contribution in [2.45, 2.75) is 155 Å². The molecule has 2 atom stereocenters. The van der Waals surface area contributed by atoms with E-state index in [4.69, 9.17) is 18.9 Å². The zero-order valence-corrected chi connectivity index (χ0v) is 31.4. The van der Waals surface area contributed by atoms with E-state index in [1.807, 2.05) is 0 Å². The van der Waals surface area contributed by atoms with Crippen molar-refractivity contribution in [1.82, 2.24) is 26.6 Å². The molecule has 5 amide bonds. The number of hydrogen-bond donors (Lipinski definition) is 5. The quantitative estimate of drug-likeness (QED) is 0.0679. The van der Waals surface area contributed by atoms with Gasteiger partial charge in [0.05, 0.1) is 7.11 Å². The fraction of sp³-hybridized carbons (Fsp3) is 0.824. The van der Waals surface area contributed by atoms with Crippen molar-refractivity contribution in [3.8, 4) is 0 Å². The lowest BCUT2D eigenvalue weighted by Gasteiger charge is -2.23. The number of rotatable bonds is 20. The van der Waals surface area contributed by atoms with Gasteiger partial charge in [-0.3, -0.25) is 9.59 Å². The smallest absolute Gasteiger partial charge is 0.408 e. The van der Waals surface area contributed by atoms with Crippen LogP contribution in [0.25, 0.3) is 0 Å². The van der Waals surface area contributed by atoms with Gasteiger partial charge in [0.15, 0.2) is 0 Å². The van der Waals surface area contributed by atoms with Gasteiger partial charge >= 0.3 is 24.2 Å². The van der Waals surface area contributed by atoms with E-state index in [9.17, 15) is 28.8 Å². The molecular weight excluding hydrogens is 638 g/mol. The number of nitrogens with one attached hydrogen (secondary N) is 5. The first-order chi connectivity index (χ1) is 22.6. The predicted molar refractivity (Wildman–Crippen MR) is 185 cm³/mol. The zero-order valence-electron chi connectivity index (χ0n) is 31.4. The van der Waals surface area contributed by atoms with Crippen molar-refractivity contribution in [1.29, 1.82) is 0 Å². The summed E-state index contributed by atoms with van der Waals surface area (Å²) in [4.78, 5) is 73.4. The van der Waals surface area contributed by atoms with E-state index in [0.29, 0.717) is 83.8 Å². The van der Waals surface area contributed by atoms with E-state index < -0.39 is 53.1 Å². The van der Waals surface area contributed by atoms with Crippen LogP contribution in [0.4, 0.5) is 14.4 Å². The molecule has 0 spiro atoms. The Morgan fingerprint density at radius 2 is 0.939 bits per heavy atom. The molecule has 5 N–H and O–H groups in total. The normalized spacial score (nSPS) is 12.9. The van der Waals surface area contributed by atoms with Gasteiger partial charge in [-0.25, -0.2) is 19.2 Å². The second-order valence-electron chi connectivity index (χ2n) is 14.8. The lowest BCUT2D eigenvalue weighted by Crippen LogP contribution is -2.48. The van der Waals surface area contributed by atoms with Crippen LogP contribution < -0.4 is 26.6 Å². The highest BCUT2D eigenvalue weighted by Crippen LogP contribution is 2.11. The van der Waals surface area contributed by atoms with Crippen LogP contribution >= 0.6 is 0 Å². The average Bonchev–Trinajstić information content (AvgIpc) is 2.93. The van der Waals surface area contributed by atoms with Crippen molar-refractivity contribution in [3.05, 3.63) is 0 Å². The van der Waals surface area contributed by atoms with Crippen LogP contribution in [0, 0.1) is 0 Å². The number of methoxy groups -OCH3 is 1. The third-order valence-corrected chi connectivity index (χ3v) is 6.39. The SMILES string of the molecule is COC(=O)[C@H](CCCCNC(=O)CCCCCNC(=O)[C@H](CCCCNC(=O)OC(C)(C)C)NC(=O)OC(C)(C)C)NC(=O)OC(C)(C)C. The Kier molecular flexibility index (Phi) is 21.0. The fourth-order valence-corrected chi connectivity index (χ4v) is 4.25. The number of ether oxygens (including phenoxy) is 4. The molecule has 0 fully saturated rings. The summed E-state index contributed by atoms with van der Waals surface area (Å²) >= 11 is 0. The first kappa shape index (κ1) is 45.2. The predicted octanol–water partition coefficient (Wildman–Crippen LogP) is 4.60. The molecule has 15 nitrogen and oxygen atoms in total. The van der Waals surface area contributed by atoms with Crippen molar-refractivity contribution in [3.63, 3.8) is 0 Å². The Bertz CT molecular complexity index is 1050. The van der Waals surface area contributed by atoms with Gasteiger partial charge in [0, 0.05) is 26.1 Å². The van der Waals surface area contributed by atoms with E-state index in [-0.39, 0.29) is 11.8 Å². The minimum absolute atomic E-state index is 0.0942. The first-order valence-electron chi connectivity index (χ1n) is 17.2. The van der Waals surface area contributed by atoms with E-state index in [1.54, 1.807) is 62.3 Å². The Hall–Kier alpha value is -3.78. The second kappa shape index (κ2) is 22.8. The summed E-state index contributed by atoms with van der Waals surface area (Å²) in [5.74, 6) is -0.992. The van der Waals surface area contributed by atoms with Gasteiger partial charge in [-0.1, -0.05) is 6.42 Å². The van der Waals surface area contributed by atoms with Crippen LogP contribution in [0.1, 0.15) is 127 Å². The van der Waals surface area contributed by atoms with Crippen molar-refractivity contribution in [2.24, 2.45) is 0 Å². The monoisotopic (exact) mass is 701 g/mol. The highest BCUT2D eigenvalue weighted by Gasteiger charge is 2.26. The van der Waals surface area contributed by atoms with E-state index in [2.05, 4.69) is 26.6 Å². The maximum absolute atomic E-state index is 12.9. The number of carbonyl (C=O) groups is 6. The van der Waals surface area contributed by atoms with E-state index >= 15 is 0 Å². The summed E-state index contributed by atoms with van der Waals surface area (Å²) < 4.78 is 20.5. The molecule has 284 valence electrons. The summed E-state index contributed by atoms with van der Waals surface area (Å²) in [5, 5.41) is 13.6. The van der Waals surface area contributed by atoms with Gasteiger partial charge in [0.25, 0.3) is 0 Å². The van der Waals surface area contributed by atoms with Crippen LogP contribution in [0.5, 0.6) is 0 Å². The third kappa shape index (κ3) is 26.8. The van der Waals surface area contributed by atoms with Gasteiger partial charge in [0.1, 0.15) is 28.9 Å². The zero-order chi connectivity index (χ0) is 37.7. The summed E-state index contributed by atoms with van der Waals surface area (Å²) in [6.07, 6.45) is 3.45. The van der Waals surface area contributed by atoms with Gasteiger partial charge in [-0.05, 0) is 114 Å².